The van der Waals surface area contributed by atoms with E-state index >= 15 is 0 Å². The lowest BCUT2D eigenvalue weighted by atomic mass is 10.1. The quantitative estimate of drug-likeness (QED) is 0.622. The summed E-state index contributed by atoms with van der Waals surface area (Å²) in [5.74, 6) is 0.741. The minimum atomic E-state index is 0.587. The van der Waals surface area contributed by atoms with E-state index in [4.69, 9.17) is 10.5 Å². The van der Waals surface area contributed by atoms with Crippen LogP contribution in [0.5, 0.6) is 0 Å². The lowest BCUT2D eigenvalue weighted by Gasteiger charge is -2.39. The van der Waals surface area contributed by atoms with Crippen LogP contribution >= 0.6 is 0 Å². The van der Waals surface area contributed by atoms with Gasteiger partial charge in [-0.15, -0.1) is 0 Å². The van der Waals surface area contributed by atoms with Gasteiger partial charge in [0.2, 0.25) is 0 Å². The summed E-state index contributed by atoms with van der Waals surface area (Å²) >= 11 is 0. The molecule has 0 bridgehead atoms. The van der Waals surface area contributed by atoms with E-state index in [1.54, 1.807) is 0 Å². The summed E-state index contributed by atoms with van der Waals surface area (Å²) in [5, 5.41) is 0. The average molecular weight is 285 g/mol. The standard InChI is InChI=1S/C16H35N3O/c1-4-5-16(14-17)19-9-7-18(8-10-19)11-13-20-12-6-15(2)3/h15-16H,4-14,17H2,1-3H3. The first-order valence-corrected chi connectivity index (χ1v) is 8.41. The molecule has 1 saturated heterocycles. The van der Waals surface area contributed by atoms with Crippen LogP contribution in [0.3, 0.4) is 0 Å². The SMILES string of the molecule is CCCC(CN)N1CCN(CCOCCC(C)C)CC1. The Balaban J connectivity index is 2.09. The smallest absolute Gasteiger partial charge is 0.0593 e. The lowest BCUT2D eigenvalue weighted by Crippen LogP contribution is -2.52. The molecule has 0 aromatic heterocycles. The van der Waals surface area contributed by atoms with Crippen molar-refractivity contribution < 1.29 is 4.74 Å². The molecule has 0 aromatic rings. The number of nitrogens with two attached hydrogens (primary N) is 1. The van der Waals surface area contributed by atoms with E-state index in [1.165, 1.54) is 19.3 Å². The number of rotatable bonds is 10. The second-order valence-corrected chi connectivity index (χ2v) is 6.35. The fourth-order valence-corrected chi connectivity index (χ4v) is 2.75. The molecule has 4 heteroatoms. The van der Waals surface area contributed by atoms with Gasteiger partial charge in [0.1, 0.15) is 0 Å². The van der Waals surface area contributed by atoms with Gasteiger partial charge in [0.25, 0.3) is 0 Å². The van der Waals surface area contributed by atoms with Crippen LogP contribution in [-0.4, -0.2) is 68.3 Å². The summed E-state index contributed by atoms with van der Waals surface area (Å²) in [7, 11) is 0. The van der Waals surface area contributed by atoms with Gasteiger partial charge in [0.05, 0.1) is 6.61 Å². The Morgan fingerprint density at radius 2 is 1.75 bits per heavy atom. The van der Waals surface area contributed by atoms with Gasteiger partial charge in [-0.2, -0.15) is 0 Å². The zero-order valence-corrected chi connectivity index (χ0v) is 13.8. The third kappa shape index (κ3) is 7.02. The number of nitrogens with zero attached hydrogens (tertiary/aromatic N) is 2. The minimum absolute atomic E-state index is 0.587. The van der Waals surface area contributed by atoms with Crippen molar-refractivity contribution in [3.8, 4) is 0 Å². The van der Waals surface area contributed by atoms with Crippen molar-refractivity contribution in [3.05, 3.63) is 0 Å². The summed E-state index contributed by atoms with van der Waals surface area (Å²) in [4.78, 5) is 5.09. The molecular weight excluding hydrogens is 250 g/mol. The summed E-state index contributed by atoms with van der Waals surface area (Å²) < 4.78 is 5.71. The first kappa shape index (κ1) is 17.9. The van der Waals surface area contributed by atoms with Gasteiger partial charge < -0.3 is 10.5 Å². The average Bonchev–Trinajstić information content (AvgIpc) is 2.45. The predicted molar refractivity (Wildman–Crippen MR) is 86.0 cm³/mol. The molecule has 1 atom stereocenters. The van der Waals surface area contributed by atoms with Crippen molar-refractivity contribution in [2.24, 2.45) is 11.7 Å². The normalized spacial score (nSPS) is 19.6. The molecule has 1 aliphatic heterocycles. The van der Waals surface area contributed by atoms with Crippen molar-refractivity contribution in [2.45, 2.75) is 46.1 Å². The highest BCUT2D eigenvalue weighted by Gasteiger charge is 2.21. The molecule has 1 heterocycles. The van der Waals surface area contributed by atoms with Gasteiger partial charge in [0.15, 0.2) is 0 Å². The molecule has 4 nitrogen and oxygen atoms in total. The molecule has 0 aromatic carbocycles. The van der Waals surface area contributed by atoms with Crippen LogP contribution in [-0.2, 0) is 4.74 Å². The van der Waals surface area contributed by atoms with E-state index in [-0.39, 0.29) is 0 Å². The Bertz CT molecular complexity index is 228. The van der Waals surface area contributed by atoms with Crippen LogP contribution < -0.4 is 5.73 Å². The maximum atomic E-state index is 5.89. The van der Waals surface area contributed by atoms with Crippen molar-refractivity contribution in [1.29, 1.82) is 0 Å². The van der Waals surface area contributed by atoms with Crippen LogP contribution in [0, 0.1) is 5.92 Å². The van der Waals surface area contributed by atoms with Gasteiger partial charge in [-0.3, -0.25) is 9.80 Å². The van der Waals surface area contributed by atoms with E-state index in [2.05, 4.69) is 30.6 Å². The summed E-state index contributed by atoms with van der Waals surface area (Å²) in [6.45, 7) is 15.0. The number of hydrogen-bond acceptors (Lipinski definition) is 4. The fraction of sp³-hybridized carbons (Fsp3) is 1.00. The van der Waals surface area contributed by atoms with Crippen molar-refractivity contribution >= 4 is 0 Å². The first-order valence-electron chi connectivity index (χ1n) is 8.41. The summed E-state index contributed by atoms with van der Waals surface area (Å²) in [6, 6.07) is 0.587. The third-order valence-corrected chi connectivity index (χ3v) is 4.21. The second kappa shape index (κ2) is 10.6. The number of piperazine rings is 1. The second-order valence-electron chi connectivity index (χ2n) is 6.35. The van der Waals surface area contributed by atoms with E-state index in [0.29, 0.717) is 6.04 Å². The summed E-state index contributed by atoms with van der Waals surface area (Å²) in [6.07, 6.45) is 3.63. The minimum Gasteiger partial charge on any atom is -0.380 e. The van der Waals surface area contributed by atoms with E-state index in [1.807, 2.05) is 0 Å². The Labute approximate surface area is 125 Å². The van der Waals surface area contributed by atoms with Gasteiger partial charge in [-0.05, 0) is 18.8 Å². The maximum Gasteiger partial charge on any atom is 0.0593 e. The highest BCUT2D eigenvalue weighted by atomic mass is 16.5. The monoisotopic (exact) mass is 285 g/mol. The molecule has 1 unspecified atom stereocenters. The topological polar surface area (TPSA) is 41.7 Å². The van der Waals surface area contributed by atoms with Crippen LogP contribution in [0.2, 0.25) is 0 Å². The Morgan fingerprint density at radius 1 is 1.05 bits per heavy atom. The molecule has 1 rings (SSSR count). The van der Waals surface area contributed by atoms with E-state index in [9.17, 15) is 0 Å². The van der Waals surface area contributed by atoms with Gasteiger partial charge >= 0.3 is 0 Å². The molecular formula is C16H35N3O. The lowest BCUT2D eigenvalue weighted by molar-refractivity contribution is 0.0577. The Hall–Kier alpha value is -0.160. The van der Waals surface area contributed by atoms with Crippen LogP contribution in [0.15, 0.2) is 0 Å². The molecule has 20 heavy (non-hydrogen) atoms. The highest BCUT2D eigenvalue weighted by molar-refractivity contribution is 4.78. The molecule has 0 radical (unpaired) electrons. The molecule has 0 aliphatic carbocycles. The molecule has 1 aliphatic rings. The third-order valence-electron chi connectivity index (χ3n) is 4.21. The van der Waals surface area contributed by atoms with Gasteiger partial charge in [0, 0.05) is 51.9 Å². The largest absolute Gasteiger partial charge is 0.380 e. The van der Waals surface area contributed by atoms with E-state index in [0.717, 1.165) is 58.4 Å². The van der Waals surface area contributed by atoms with Crippen molar-refractivity contribution in [2.75, 3.05) is 52.5 Å². The Kier molecular flexibility index (Phi) is 9.44. The highest BCUT2D eigenvalue weighted by Crippen LogP contribution is 2.10. The van der Waals surface area contributed by atoms with Crippen LogP contribution in [0.4, 0.5) is 0 Å². The number of hydrogen-bond donors (Lipinski definition) is 1. The van der Waals surface area contributed by atoms with Crippen molar-refractivity contribution in [1.82, 2.24) is 9.80 Å². The molecule has 1 fully saturated rings. The molecule has 0 amide bonds. The first-order chi connectivity index (χ1) is 9.67. The Morgan fingerprint density at radius 3 is 2.30 bits per heavy atom. The van der Waals surface area contributed by atoms with Crippen LogP contribution in [0.25, 0.3) is 0 Å². The molecule has 0 spiro atoms. The zero-order chi connectivity index (χ0) is 14.8. The summed E-state index contributed by atoms with van der Waals surface area (Å²) in [5.41, 5.74) is 5.89. The number of ether oxygens (including phenoxy) is 1. The maximum absolute atomic E-state index is 5.89. The molecule has 0 saturated carbocycles. The van der Waals surface area contributed by atoms with Crippen LogP contribution in [0.1, 0.15) is 40.0 Å². The fourth-order valence-electron chi connectivity index (χ4n) is 2.75. The zero-order valence-electron chi connectivity index (χ0n) is 13.8. The van der Waals surface area contributed by atoms with E-state index < -0.39 is 0 Å². The van der Waals surface area contributed by atoms with Crippen molar-refractivity contribution in [3.63, 3.8) is 0 Å². The van der Waals surface area contributed by atoms with Gasteiger partial charge in [-0.1, -0.05) is 27.2 Å². The van der Waals surface area contributed by atoms with Gasteiger partial charge in [-0.25, -0.2) is 0 Å². The molecule has 2 N–H and O–H groups in total. The predicted octanol–water partition coefficient (Wildman–Crippen LogP) is 1.79. The molecule has 120 valence electrons.